The van der Waals surface area contributed by atoms with Crippen LogP contribution in [0.1, 0.15) is 83.2 Å². The lowest BCUT2D eigenvalue weighted by Gasteiger charge is -2.28. The minimum Gasteiger partial charge on any atom is -0.507 e. The third-order valence-corrected chi connectivity index (χ3v) is 7.47. The zero-order valence-corrected chi connectivity index (χ0v) is 20.8. The number of hydrogen-bond acceptors (Lipinski definition) is 3. The molecule has 3 rings (SSSR count). The highest BCUT2D eigenvalue weighted by Gasteiger charge is 2.35. The van der Waals surface area contributed by atoms with Crippen LogP contribution >= 0.6 is 11.8 Å². The molecule has 3 nitrogen and oxygen atoms in total. The molecule has 0 saturated carbocycles. The van der Waals surface area contributed by atoms with Gasteiger partial charge in [0.2, 0.25) is 5.91 Å². The summed E-state index contributed by atoms with van der Waals surface area (Å²) in [6.07, 6.45) is 1.66. The maximum atomic E-state index is 13.1. The van der Waals surface area contributed by atoms with Crippen LogP contribution in [-0.4, -0.2) is 27.0 Å². The van der Waals surface area contributed by atoms with Crippen molar-refractivity contribution in [3.63, 3.8) is 0 Å². The molecule has 0 radical (unpaired) electrons. The van der Waals surface area contributed by atoms with E-state index in [0.29, 0.717) is 5.75 Å². The Hall–Kier alpha value is -1.94. The minimum absolute atomic E-state index is 0.00358. The van der Waals surface area contributed by atoms with Crippen LogP contribution < -0.4 is 0 Å². The lowest BCUT2D eigenvalue weighted by molar-refractivity contribution is -0.130. The van der Waals surface area contributed by atoms with Gasteiger partial charge in [-0.1, -0.05) is 84.0 Å². The predicted molar refractivity (Wildman–Crippen MR) is 132 cm³/mol. The Morgan fingerprint density at radius 3 is 2.10 bits per heavy atom. The van der Waals surface area contributed by atoms with E-state index < -0.39 is 0 Å². The Morgan fingerprint density at radius 2 is 1.58 bits per heavy atom. The van der Waals surface area contributed by atoms with E-state index in [1.807, 2.05) is 23.1 Å². The van der Waals surface area contributed by atoms with Crippen molar-refractivity contribution in [1.82, 2.24) is 4.90 Å². The van der Waals surface area contributed by atoms with Crippen LogP contribution in [0.15, 0.2) is 42.5 Å². The summed E-state index contributed by atoms with van der Waals surface area (Å²) in [6, 6.07) is 14.6. The van der Waals surface area contributed by atoms with E-state index in [4.69, 9.17) is 0 Å². The highest BCUT2D eigenvalue weighted by molar-refractivity contribution is 8.01. The summed E-state index contributed by atoms with van der Waals surface area (Å²) in [5, 5.41) is 10.9. The smallest absolute Gasteiger partial charge is 0.236 e. The molecule has 4 heteroatoms. The Balaban J connectivity index is 1.76. The zero-order chi connectivity index (χ0) is 23.0. The minimum atomic E-state index is -0.139. The van der Waals surface area contributed by atoms with Gasteiger partial charge in [0, 0.05) is 0 Å². The average molecular weight is 440 g/mol. The van der Waals surface area contributed by atoms with E-state index >= 15 is 0 Å². The second kappa shape index (κ2) is 8.90. The molecule has 1 heterocycles. The van der Waals surface area contributed by atoms with Gasteiger partial charge >= 0.3 is 0 Å². The SMILES string of the molecule is CC(c1ccccc1)N1CSC(CCc2cc(C(C)(C)C)c(O)c(C(C)(C)C)c2)C1=O. The van der Waals surface area contributed by atoms with Crippen molar-refractivity contribution in [1.29, 1.82) is 0 Å². The first-order chi connectivity index (χ1) is 14.4. The average Bonchev–Trinajstić information content (AvgIpc) is 3.06. The largest absolute Gasteiger partial charge is 0.507 e. The molecule has 0 spiro atoms. The van der Waals surface area contributed by atoms with E-state index in [0.717, 1.165) is 29.8 Å². The lowest BCUT2D eigenvalue weighted by Crippen LogP contribution is -2.32. The molecule has 0 aliphatic carbocycles. The van der Waals surface area contributed by atoms with E-state index in [1.165, 1.54) is 11.1 Å². The van der Waals surface area contributed by atoms with Crippen molar-refractivity contribution in [3.05, 3.63) is 64.7 Å². The van der Waals surface area contributed by atoms with Crippen LogP contribution in [0.2, 0.25) is 0 Å². The molecule has 31 heavy (non-hydrogen) atoms. The summed E-state index contributed by atoms with van der Waals surface area (Å²) >= 11 is 1.75. The summed E-state index contributed by atoms with van der Waals surface area (Å²) < 4.78 is 0. The van der Waals surface area contributed by atoms with Gasteiger partial charge in [-0.05, 0) is 52.8 Å². The summed E-state index contributed by atoms with van der Waals surface area (Å²) in [5.74, 6) is 1.40. The number of phenolic OH excluding ortho intramolecular Hbond substituents is 1. The van der Waals surface area contributed by atoms with Gasteiger partial charge in [-0.2, -0.15) is 0 Å². The number of nitrogens with zero attached hydrogens (tertiary/aromatic N) is 1. The number of carbonyl (C=O) groups is 1. The van der Waals surface area contributed by atoms with Crippen LogP contribution in [-0.2, 0) is 22.0 Å². The Labute approximate surface area is 192 Å². The number of carbonyl (C=O) groups excluding carboxylic acids is 1. The summed E-state index contributed by atoms with van der Waals surface area (Å²) in [6.45, 7) is 14.9. The molecule has 168 valence electrons. The Kier molecular flexibility index (Phi) is 6.81. The van der Waals surface area contributed by atoms with Gasteiger partial charge in [0.25, 0.3) is 0 Å². The van der Waals surface area contributed by atoms with E-state index in [1.54, 1.807) is 11.8 Å². The van der Waals surface area contributed by atoms with Crippen LogP contribution in [0.3, 0.4) is 0 Å². The zero-order valence-electron chi connectivity index (χ0n) is 20.0. The fraction of sp³-hybridized carbons (Fsp3) is 0.519. The molecular weight excluding hydrogens is 402 g/mol. The molecule has 1 saturated heterocycles. The number of thioether (sulfide) groups is 1. The van der Waals surface area contributed by atoms with Gasteiger partial charge in [-0.15, -0.1) is 11.8 Å². The van der Waals surface area contributed by atoms with Crippen molar-refractivity contribution in [2.75, 3.05) is 5.88 Å². The molecule has 2 atom stereocenters. The summed E-state index contributed by atoms with van der Waals surface area (Å²) in [5.41, 5.74) is 4.08. The molecule has 0 bridgehead atoms. The van der Waals surface area contributed by atoms with Gasteiger partial charge in [-0.3, -0.25) is 4.79 Å². The van der Waals surface area contributed by atoms with Gasteiger partial charge in [0.05, 0.1) is 17.2 Å². The van der Waals surface area contributed by atoms with Gasteiger partial charge in [0.15, 0.2) is 0 Å². The number of aryl methyl sites for hydroxylation is 1. The molecule has 1 N–H and O–H groups in total. The van der Waals surface area contributed by atoms with Crippen LogP contribution in [0.25, 0.3) is 0 Å². The Bertz CT molecular complexity index is 889. The maximum Gasteiger partial charge on any atom is 0.236 e. The molecular formula is C27H37NO2S. The van der Waals surface area contributed by atoms with Crippen molar-refractivity contribution < 1.29 is 9.90 Å². The van der Waals surface area contributed by atoms with E-state index in [9.17, 15) is 9.90 Å². The molecule has 2 unspecified atom stereocenters. The highest BCUT2D eigenvalue weighted by Crippen LogP contribution is 2.40. The first-order valence-electron chi connectivity index (χ1n) is 11.2. The van der Waals surface area contributed by atoms with Crippen molar-refractivity contribution in [2.45, 2.75) is 83.4 Å². The third kappa shape index (κ3) is 5.28. The van der Waals surface area contributed by atoms with Gasteiger partial charge in [0.1, 0.15) is 5.75 Å². The van der Waals surface area contributed by atoms with E-state index in [2.05, 4.69) is 72.7 Å². The van der Waals surface area contributed by atoms with Crippen LogP contribution in [0.5, 0.6) is 5.75 Å². The summed E-state index contributed by atoms with van der Waals surface area (Å²) in [4.78, 5) is 15.1. The monoisotopic (exact) mass is 439 g/mol. The summed E-state index contributed by atoms with van der Waals surface area (Å²) in [7, 11) is 0. The number of hydrogen-bond donors (Lipinski definition) is 1. The molecule has 2 aromatic carbocycles. The number of phenols is 1. The quantitative estimate of drug-likeness (QED) is 0.572. The second-order valence-electron chi connectivity index (χ2n) is 10.8. The molecule has 1 fully saturated rings. The van der Waals surface area contributed by atoms with Gasteiger partial charge in [-0.25, -0.2) is 0 Å². The number of aromatic hydroxyl groups is 1. The van der Waals surface area contributed by atoms with Crippen LogP contribution in [0.4, 0.5) is 0 Å². The number of benzene rings is 2. The fourth-order valence-electron chi connectivity index (χ4n) is 4.19. The lowest BCUT2D eigenvalue weighted by atomic mass is 9.78. The molecule has 1 aliphatic rings. The fourth-order valence-corrected chi connectivity index (χ4v) is 5.44. The molecule has 1 amide bonds. The number of amides is 1. The highest BCUT2D eigenvalue weighted by atomic mass is 32.2. The topological polar surface area (TPSA) is 40.5 Å². The second-order valence-corrected chi connectivity index (χ2v) is 11.9. The van der Waals surface area contributed by atoms with Crippen LogP contribution in [0, 0.1) is 0 Å². The Morgan fingerprint density at radius 1 is 1.03 bits per heavy atom. The third-order valence-electron chi connectivity index (χ3n) is 6.20. The first kappa shape index (κ1) is 23.7. The molecule has 0 aromatic heterocycles. The number of rotatable bonds is 5. The normalized spacial score (nSPS) is 18.5. The predicted octanol–water partition coefficient (Wildman–Crippen LogP) is 6.58. The molecule has 1 aliphatic heterocycles. The molecule has 2 aromatic rings. The van der Waals surface area contributed by atoms with Crippen molar-refractivity contribution in [2.24, 2.45) is 0 Å². The maximum absolute atomic E-state index is 13.1. The van der Waals surface area contributed by atoms with E-state index in [-0.39, 0.29) is 28.0 Å². The first-order valence-corrected chi connectivity index (χ1v) is 12.3. The van der Waals surface area contributed by atoms with Crippen molar-refractivity contribution in [3.8, 4) is 5.75 Å². The standard InChI is InChI=1S/C27H37NO2S/c1-18(20-11-9-8-10-12-20)28-17-31-23(25(28)30)14-13-19-15-21(26(2,3)4)24(29)22(16-19)27(5,6)7/h8-12,15-16,18,23,29H,13-14,17H2,1-7H3. The van der Waals surface area contributed by atoms with Crippen molar-refractivity contribution >= 4 is 17.7 Å². The van der Waals surface area contributed by atoms with Gasteiger partial charge < -0.3 is 10.0 Å².